The number of nitrogens with zero attached hydrogens (tertiary/aromatic N) is 2. The fraction of sp³-hybridized carbons (Fsp3) is 0.656. The molecule has 3 rings (SSSR count). The van der Waals surface area contributed by atoms with E-state index in [9.17, 15) is 40.9 Å². The number of hydrogen-bond donors (Lipinski definition) is 4. The van der Waals surface area contributed by atoms with E-state index >= 15 is 0 Å². The molecular formula is C61H98N2O21S2. The van der Waals surface area contributed by atoms with Gasteiger partial charge < -0.3 is 76.9 Å². The van der Waals surface area contributed by atoms with Crippen molar-refractivity contribution in [3.05, 3.63) is 89.7 Å². The molecule has 2 aromatic rings. The third-order valence-electron chi connectivity index (χ3n) is 13.5. The minimum absolute atomic E-state index is 0.00787. The molecule has 0 aliphatic carbocycles. The van der Waals surface area contributed by atoms with Crippen LogP contribution in [0.5, 0.6) is 5.75 Å². The number of aromatic hydroxyl groups is 1. The van der Waals surface area contributed by atoms with E-state index in [1.165, 1.54) is 12.1 Å². The lowest BCUT2D eigenvalue weighted by atomic mass is 9.77. The van der Waals surface area contributed by atoms with Crippen LogP contribution in [-0.2, 0) is 87.3 Å². The summed E-state index contributed by atoms with van der Waals surface area (Å²) in [5, 5.41) is 21.1. The molecule has 86 heavy (non-hydrogen) atoms. The van der Waals surface area contributed by atoms with E-state index in [2.05, 4.69) is 11.5 Å². The number of allylic oxidation sites excluding steroid dienone is 7. The zero-order valence-electron chi connectivity index (χ0n) is 51.5. The van der Waals surface area contributed by atoms with Gasteiger partial charge in [-0.2, -0.15) is 16.8 Å². The number of carboxylic acid groups (broad SMARTS) is 1. The second-order valence-corrected chi connectivity index (χ2v) is 24.3. The molecular weight excluding hydrogens is 1160 g/mol. The molecule has 1 aliphatic heterocycles. The Balaban J connectivity index is 1.75. The number of rotatable bonds is 52. The van der Waals surface area contributed by atoms with Crippen molar-refractivity contribution >= 4 is 43.2 Å². The van der Waals surface area contributed by atoms with Crippen LogP contribution in [0.3, 0.4) is 0 Å². The highest BCUT2D eigenvalue weighted by atomic mass is 32.2. The van der Waals surface area contributed by atoms with Crippen LogP contribution in [0.4, 0.5) is 11.4 Å². The molecule has 1 atom stereocenters. The highest BCUT2D eigenvalue weighted by Gasteiger charge is 2.43. The van der Waals surface area contributed by atoms with Crippen LogP contribution in [0.1, 0.15) is 77.3 Å². The maximum absolute atomic E-state index is 12.4. The third-order valence-corrected chi connectivity index (χ3v) is 15.2. The Labute approximate surface area is 510 Å². The summed E-state index contributed by atoms with van der Waals surface area (Å²) in [4.78, 5) is 15.0. The summed E-state index contributed by atoms with van der Waals surface area (Å²) in [6.45, 7) is 23.5. The van der Waals surface area contributed by atoms with Gasteiger partial charge in [-0.25, -0.2) is 0 Å². The minimum Gasteiger partial charge on any atom is -0.507 e. The van der Waals surface area contributed by atoms with E-state index in [0.29, 0.717) is 212 Å². The summed E-state index contributed by atoms with van der Waals surface area (Å²) in [5.74, 6) is -1.38. The smallest absolute Gasteiger partial charge is 0.303 e. The van der Waals surface area contributed by atoms with Crippen LogP contribution in [0.15, 0.2) is 83.4 Å². The molecule has 1 aliphatic rings. The van der Waals surface area contributed by atoms with E-state index < -0.39 is 42.8 Å². The fourth-order valence-corrected chi connectivity index (χ4v) is 10.1. The standard InChI is InChI=1S/C61H98N2O21S2/c1-50(13-11-14-58-61(5,20-12-46-85(67,68)69)55-49-52(86(70,71)72)17-19-56(55)63(58)21-10-8-9-15-59(65)66)47-54(60(2,3)4)53-18-16-51(48-57(53)64)62(22-24-75-30-32-79-38-40-83-44-42-81-36-34-77-28-26-73-6)23-25-76-31-33-80-39-41-84-45-43-82-37-35-78-29-27-74-7/h11,13-14,16-19,47-49,64H,1,8-10,12,15,20-46H2,2-7H3,(H,65,66)(H,67,68,69)(H,70,71,72)/b13-11+,54-47+,58-14+. The number of unbranched alkanes of at least 4 members (excludes halogenated alkanes) is 2. The number of aliphatic carboxylic acids is 1. The molecule has 1 heterocycles. The number of benzene rings is 2. The van der Waals surface area contributed by atoms with Gasteiger partial charge in [-0.1, -0.05) is 52.0 Å². The number of hydrogen-bond acceptors (Lipinski definition) is 20. The second kappa shape index (κ2) is 42.5. The normalized spacial score (nSPS) is 15.4. The molecule has 0 aromatic heterocycles. The number of fused-ring (bicyclic) bond motifs is 1. The Kier molecular flexibility index (Phi) is 37.5. The van der Waals surface area contributed by atoms with E-state index in [1.54, 1.807) is 38.5 Å². The number of carbonyl (C=O) groups is 1. The van der Waals surface area contributed by atoms with Crippen LogP contribution in [0.25, 0.3) is 5.57 Å². The highest BCUT2D eigenvalue weighted by Crippen LogP contribution is 2.51. The van der Waals surface area contributed by atoms with Crippen molar-refractivity contribution in [1.29, 1.82) is 0 Å². The van der Waals surface area contributed by atoms with Gasteiger partial charge in [0.2, 0.25) is 0 Å². The largest absolute Gasteiger partial charge is 0.507 e. The Bertz CT molecular complexity index is 2530. The molecule has 490 valence electrons. The van der Waals surface area contributed by atoms with E-state index in [4.69, 9.17) is 56.8 Å². The zero-order chi connectivity index (χ0) is 63.1. The van der Waals surface area contributed by atoms with Gasteiger partial charge >= 0.3 is 5.97 Å². The van der Waals surface area contributed by atoms with Crippen LogP contribution < -0.4 is 9.80 Å². The van der Waals surface area contributed by atoms with Crippen molar-refractivity contribution in [3.8, 4) is 5.75 Å². The zero-order valence-corrected chi connectivity index (χ0v) is 53.2. The second-order valence-electron chi connectivity index (χ2n) is 21.3. The molecule has 0 fully saturated rings. The van der Waals surface area contributed by atoms with E-state index in [-0.39, 0.29) is 29.9 Å². The van der Waals surface area contributed by atoms with E-state index in [1.807, 2.05) is 56.9 Å². The van der Waals surface area contributed by atoms with Crippen LogP contribution in [0.2, 0.25) is 0 Å². The number of carboxylic acids is 1. The van der Waals surface area contributed by atoms with Crippen LogP contribution in [0, 0.1) is 5.41 Å². The molecule has 4 N–H and O–H groups in total. The first-order valence-corrected chi connectivity index (χ1v) is 32.4. The molecule has 0 radical (unpaired) electrons. The summed E-state index contributed by atoms with van der Waals surface area (Å²) in [7, 11) is -5.69. The fourth-order valence-electron chi connectivity index (χ4n) is 9.13. The quantitative estimate of drug-likeness (QED) is 0.0285. The number of phenolic OH excluding ortho intramolecular Hbond substituents is 1. The molecule has 0 saturated heterocycles. The monoisotopic (exact) mass is 1260 g/mol. The first-order valence-electron chi connectivity index (χ1n) is 29.3. The first-order chi connectivity index (χ1) is 41.1. The summed E-state index contributed by atoms with van der Waals surface area (Å²) in [5.41, 5.74) is 3.11. The number of methoxy groups -OCH3 is 2. The molecule has 0 saturated carbocycles. The van der Waals surface area contributed by atoms with Gasteiger partial charge in [-0.15, -0.1) is 0 Å². The highest BCUT2D eigenvalue weighted by molar-refractivity contribution is 7.86. The van der Waals surface area contributed by atoms with Crippen molar-refractivity contribution in [2.24, 2.45) is 5.41 Å². The molecule has 1 unspecified atom stereocenters. The van der Waals surface area contributed by atoms with Crippen molar-refractivity contribution in [3.63, 3.8) is 0 Å². The molecule has 0 spiro atoms. The number of anilines is 2. The van der Waals surface area contributed by atoms with Crippen molar-refractivity contribution in [2.45, 2.75) is 76.5 Å². The van der Waals surface area contributed by atoms with Gasteiger partial charge in [-0.3, -0.25) is 13.9 Å². The lowest BCUT2D eigenvalue weighted by Gasteiger charge is -2.30. The van der Waals surface area contributed by atoms with Crippen LogP contribution in [-0.4, -0.2) is 227 Å². The Morgan fingerprint density at radius 2 is 1.10 bits per heavy atom. The van der Waals surface area contributed by atoms with E-state index in [0.717, 1.165) is 11.3 Å². The summed E-state index contributed by atoms with van der Waals surface area (Å²) in [6, 6.07) is 9.82. The molecule has 0 bridgehead atoms. The molecule has 25 heteroatoms. The van der Waals surface area contributed by atoms with Gasteiger partial charge in [0.05, 0.1) is 156 Å². The predicted octanol–water partition coefficient (Wildman–Crippen LogP) is 7.42. The first kappa shape index (κ1) is 75.9. The van der Waals surface area contributed by atoms with Gasteiger partial charge in [0.1, 0.15) is 5.75 Å². The Hall–Kier alpha value is -4.39. The lowest BCUT2D eigenvalue weighted by molar-refractivity contribution is -0.137. The van der Waals surface area contributed by atoms with Crippen molar-refractivity contribution in [2.75, 3.05) is 195 Å². The van der Waals surface area contributed by atoms with Crippen LogP contribution >= 0.6 is 0 Å². The summed E-state index contributed by atoms with van der Waals surface area (Å²) in [6.07, 6.45) is 9.18. The topological polar surface area (TPSA) is 284 Å². The summed E-state index contributed by atoms with van der Waals surface area (Å²) < 4.78 is 134. The average molecular weight is 1260 g/mol. The van der Waals surface area contributed by atoms with Gasteiger partial charge in [-0.05, 0) is 91.1 Å². The van der Waals surface area contributed by atoms with Crippen molar-refractivity contribution < 1.29 is 97.8 Å². The number of phenols is 1. The third kappa shape index (κ3) is 31.2. The minimum atomic E-state index is -4.62. The van der Waals surface area contributed by atoms with Crippen molar-refractivity contribution in [1.82, 2.24) is 0 Å². The SMILES string of the molecule is C=C(/C=C(\c1ccc(N(CCOCCOCCOCCOCCOCCOC)CCOCCOCCOCCOCCOCCOC)cc1O)C(C)(C)C)/C=C/C=C1/N(CCCCCC(=O)O)c2ccc(S(=O)(=O)O)cc2C1(C)CCCS(=O)(=O)O. The maximum atomic E-state index is 12.4. The van der Waals surface area contributed by atoms with Gasteiger partial charge in [0.25, 0.3) is 20.2 Å². The molecule has 0 amide bonds. The molecule has 23 nitrogen and oxygen atoms in total. The lowest BCUT2D eigenvalue weighted by Crippen LogP contribution is -2.31. The van der Waals surface area contributed by atoms with Gasteiger partial charge in [0.15, 0.2) is 0 Å². The maximum Gasteiger partial charge on any atom is 0.303 e. The molecule has 2 aromatic carbocycles. The average Bonchev–Trinajstić information content (AvgIpc) is 1.69. The van der Waals surface area contributed by atoms with Gasteiger partial charge in [0, 0.05) is 74.4 Å². The predicted molar refractivity (Wildman–Crippen MR) is 329 cm³/mol. The Morgan fingerprint density at radius 1 is 0.640 bits per heavy atom. The summed E-state index contributed by atoms with van der Waals surface area (Å²) >= 11 is 0. The number of ether oxygens (including phenoxy) is 12. The Morgan fingerprint density at radius 3 is 1.52 bits per heavy atom.